The van der Waals surface area contributed by atoms with Crippen LogP contribution < -0.4 is 4.74 Å². The van der Waals surface area contributed by atoms with Gasteiger partial charge in [0.1, 0.15) is 5.75 Å². The number of para-hydroxylation sites is 1. The maximum absolute atomic E-state index is 11.4. The van der Waals surface area contributed by atoms with Crippen LogP contribution in [0.4, 0.5) is 0 Å². The normalized spacial score (nSPS) is 18.0. The van der Waals surface area contributed by atoms with Crippen LogP contribution in [0.1, 0.15) is 36.8 Å². The molecule has 1 N–H and O–H groups in total. The molecule has 3 heteroatoms. The predicted octanol–water partition coefficient (Wildman–Crippen LogP) is 3.08. The van der Waals surface area contributed by atoms with Gasteiger partial charge in [-0.15, -0.1) is 0 Å². The molecule has 1 aromatic rings. The van der Waals surface area contributed by atoms with E-state index in [2.05, 4.69) is 0 Å². The van der Waals surface area contributed by atoms with E-state index >= 15 is 0 Å². The molecule has 0 saturated heterocycles. The Hall–Kier alpha value is -1.51. The molecule has 0 amide bonds. The lowest BCUT2D eigenvalue weighted by molar-refractivity contribution is -0.154. The van der Waals surface area contributed by atoms with Gasteiger partial charge in [0, 0.05) is 0 Å². The van der Waals surface area contributed by atoms with Crippen LogP contribution in [0.5, 0.6) is 5.75 Å². The molecule has 1 fully saturated rings. The third-order valence-electron chi connectivity index (χ3n) is 3.51. The van der Waals surface area contributed by atoms with Gasteiger partial charge in [0.05, 0.1) is 0 Å². The van der Waals surface area contributed by atoms with Crippen LogP contribution in [-0.2, 0) is 4.79 Å². The quantitative estimate of drug-likeness (QED) is 0.874. The van der Waals surface area contributed by atoms with Crippen LogP contribution in [-0.4, -0.2) is 16.7 Å². The lowest BCUT2D eigenvalue weighted by atomic mass is 10.0. The topological polar surface area (TPSA) is 46.5 Å². The third-order valence-corrected chi connectivity index (χ3v) is 3.51. The average Bonchev–Trinajstić information content (AvgIpc) is 2.73. The highest BCUT2D eigenvalue weighted by molar-refractivity contribution is 5.78. The van der Waals surface area contributed by atoms with Crippen molar-refractivity contribution < 1.29 is 14.6 Å². The lowest BCUT2D eigenvalue weighted by Gasteiger charge is -2.27. The van der Waals surface area contributed by atoms with Crippen molar-refractivity contribution >= 4 is 5.97 Å². The second-order valence-corrected chi connectivity index (χ2v) is 4.83. The van der Waals surface area contributed by atoms with Gasteiger partial charge in [-0.3, -0.25) is 0 Å². The number of carboxylic acid groups (broad SMARTS) is 1. The van der Waals surface area contributed by atoms with E-state index in [4.69, 9.17) is 4.74 Å². The molecular weight excluding hydrogens is 216 g/mol. The van der Waals surface area contributed by atoms with Crippen molar-refractivity contribution in [3.63, 3.8) is 0 Å². The molecule has 0 aromatic heterocycles. The molecule has 0 radical (unpaired) electrons. The fourth-order valence-electron chi connectivity index (χ4n) is 2.46. The minimum atomic E-state index is -1.00. The molecule has 0 atom stereocenters. The maximum Gasteiger partial charge on any atom is 0.348 e. The molecule has 1 saturated carbocycles. The van der Waals surface area contributed by atoms with E-state index in [1.165, 1.54) is 0 Å². The fraction of sp³-hybridized carbons (Fsp3) is 0.500. The molecule has 1 aromatic carbocycles. The molecule has 1 aliphatic carbocycles. The molecule has 0 aliphatic heterocycles. The van der Waals surface area contributed by atoms with E-state index in [0.717, 1.165) is 29.7 Å². The van der Waals surface area contributed by atoms with Crippen molar-refractivity contribution in [2.45, 2.75) is 45.1 Å². The van der Waals surface area contributed by atoms with Crippen molar-refractivity contribution in [2.24, 2.45) is 0 Å². The summed E-state index contributed by atoms with van der Waals surface area (Å²) < 4.78 is 5.89. The second kappa shape index (κ2) is 4.40. The highest BCUT2D eigenvalue weighted by atomic mass is 16.5. The summed E-state index contributed by atoms with van der Waals surface area (Å²) in [5, 5.41) is 9.38. The van der Waals surface area contributed by atoms with Crippen LogP contribution >= 0.6 is 0 Å². The lowest BCUT2D eigenvalue weighted by Crippen LogP contribution is -2.42. The van der Waals surface area contributed by atoms with Crippen LogP contribution in [0.15, 0.2) is 18.2 Å². The molecule has 0 bridgehead atoms. The Bertz CT molecular complexity index is 411. The van der Waals surface area contributed by atoms with E-state index in [1.54, 1.807) is 0 Å². The number of aryl methyl sites for hydroxylation is 2. The van der Waals surface area contributed by atoms with Crippen molar-refractivity contribution in [3.8, 4) is 5.75 Å². The van der Waals surface area contributed by atoms with Crippen LogP contribution in [0.3, 0.4) is 0 Å². The Morgan fingerprint density at radius 3 is 2.24 bits per heavy atom. The number of hydrogen-bond acceptors (Lipinski definition) is 2. The van der Waals surface area contributed by atoms with Crippen LogP contribution in [0, 0.1) is 13.8 Å². The summed E-state index contributed by atoms with van der Waals surface area (Å²) in [6, 6.07) is 5.86. The zero-order valence-electron chi connectivity index (χ0n) is 10.3. The Morgan fingerprint density at radius 1 is 1.24 bits per heavy atom. The molecule has 0 heterocycles. The first-order chi connectivity index (χ1) is 8.05. The van der Waals surface area contributed by atoms with Gasteiger partial charge in [-0.05, 0) is 50.7 Å². The molecule has 2 rings (SSSR count). The number of carbonyl (C=O) groups is 1. The van der Waals surface area contributed by atoms with Gasteiger partial charge in [0.25, 0.3) is 0 Å². The number of ether oxygens (including phenoxy) is 1. The van der Waals surface area contributed by atoms with Crippen molar-refractivity contribution in [1.82, 2.24) is 0 Å². The van der Waals surface area contributed by atoms with Gasteiger partial charge < -0.3 is 9.84 Å². The standard InChI is InChI=1S/C14H18O3/c1-10-6-5-7-11(2)12(10)17-14(13(15)16)8-3-4-9-14/h5-7H,3-4,8-9H2,1-2H3,(H,15,16). The van der Waals surface area contributed by atoms with E-state index in [0.29, 0.717) is 12.8 Å². The van der Waals surface area contributed by atoms with E-state index in [-0.39, 0.29) is 0 Å². The van der Waals surface area contributed by atoms with Gasteiger partial charge in [-0.25, -0.2) is 4.79 Å². The summed E-state index contributed by atoms with van der Waals surface area (Å²) >= 11 is 0. The molecular formula is C14H18O3. The van der Waals surface area contributed by atoms with E-state index < -0.39 is 11.6 Å². The Kier molecular flexibility index (Phi) is 3.09. The van der Waals surface area contributed by atoms with E-state index in [9.17, 15) is 9.90 Å². The Morgan fingerprint density at radius 2 is 1.76 bits per heavy atom. The number of carboxylic acids is 1. The zero-order chi connectivity index (χ0) is 12.5. The van der Waals surface area contributed by atoms with Gasteiger partial charge >= 0.3 is 5.97 Å². The van der Waals surface area contributed by atoms with Crippen molar-refractivity contribution in [1.29, 1.82) is 0 Å². The number of rotatable bonds is 3. The highest BCUT2D eigenvalue weighted by Crippen LogP contribution is 2.37. The maximum atomic E-state index is 11.4. The minimum absolute atomic E-state index is 0.607. The third kappa shape index (κ3) is 2.14. The highest BCUT2D eigenvalue weighted by Gasteiger charge is 2.44. The SMILES string of the molecule is Cc1cccc(C)c1OC1(C(=O)O)CCCC1. The van der Waals surface area contributed by atoms with Gasteiger partial charge in [-0.2, -0.15) is 0 Å². The summed E-state index contributed by atoms with van der Waals surface area (Å²) in [6.07, 6.45) is 3.07. The largest absolute Gasteiger partial charge is 0.478 e. The smallest absolute Gasteiger partial charge is 0.348 e. The first kappa shape index (κ1) is 12.0. The first-order valence-corrected chi connectivity index (χ1v) is 6.04. The van der Waals surface area contributed by atoms with E-state index in [1.807, 2.05) is 32.0 Å². The monoisotopic (exact) mass is 234 g/mol. The first-order valence-electron chi connectivity index (χ1n) is 6.04. The molecule has 0 unspecified atom stereocenters. The zero-order valence-corrected chi connectivity index (χ0v) is 10.3. The summed E-state index contributed by atoms with van der Waals surface area (Å²) in [4.78, 5) is 11.4. The van der Waals surface area contributed by atoms with Crippen LogP contribution in [0.2, 0.25) is 0 Å². The Balaban J connectivity index is 2.33. The fourth-order valence-corrected chi connectivity index (χ4v) is 2.46. The molecule has 92 valence electrons. The molecule has 1 aliphatic rings. The van der Waals surface area contributed by atoms with Crippen LogP contribution in [0.25, 0.3) is 0 Å². The number of hydrogen-bond donors (Lipinski definition) is 1. The molecule has 17 heavy (non-hydrogen) atoms. The second-order valence-electron chi connectivity index (χ2n) is 4.83. The van der Waals surface area contributed by atoms with Gasteiger partial charge in [0.15, 0.2) is 0 Å². The van der Waals surface area contributed by atoms with Crippen molar-refractivity contribution in [3.05, 3.63) is 29.3 Å². The number of aliphatic carboxylic acids is 1. The summed E-state index contributed by atoms with van der Waals surface area (Å²) in [5.41, 5.74) is 0.992. The summed E-state index contributed by atoms with van der Waals surface area (Å²) in [7, 11) is 0. The number of benzene rings is 1. The Labute approximate surface area is 101 Å². The van der Waals surface area contributed by atoms with Gasteiger partial charge in [0.2, 0.25) is 5.60 Å². The average molecular weight is 234 g/mol. The van der Waals surface area contributed by atoms with Crippen molar-refractivity contribution in [2.75, 3.05) is 0 Å². The molecule has 0 spiro atoms. The van der Waals surface area contributed by atoms with Gasteiger partial charge in [-0.1, -0.05) is 18.2 Å². The molecule has 3 nitrogen and oxygen atoms in total. The summed E-state index contributed by atoms with van der Waals surface area (Å²) in [5.74, 6) is -0.102. The minimum Gasteiger partial charge on any atom is -0.478 e. The summed E-state index contributed by atoms with van der Waals surface area (Å²) in [6.45, 7) is 3.90. The predicted molar refractivity (Wildman–Crippen MR) is 65.4 cm³/mol.